The Hall–Kier alpha value is -1.86. The third-order valence-corrected chi connectivity index (χ3v) is 6.65. The number of hydrogen-bond acceptors (Lipinski definition) is 7. The van der Waals surface area contributed by atoms with Crippen molar-refractivity contribution < 1.29 is 30.7 Å². The lowest BCUT2D eigenvalue weighted by Crippen LogP contribution is -2.30. The van der Waals surface area contributed by atoms with E-state index in [0.717, 1.165) is 12.0 Å². The number of pyridine rings is 1. The number of amides is 1. The number of carbonyl (C=O) groups excluding carboxylic acids is 1. The molecule has 12 heteroatoms. The zero-order valence-corrected chi connectivity index (χ0v) is 21.4. The fourth-order valence-corrected chi connectivity index (χ4v) is 3.38. The normalized spacial score (nSPS) is 13.4. The second-order valence-corrected chi connectivity index (χ2v) is 12.3. The molecule has 0 radical (unpaired) electrons. The summed E-state index contributed by atoms with van der Waals surface area (Å²) < 4.78 is 61.3. The van der Waals surface area contributed by atoms with Crippen LogP contribution in [0, 0.1) is 5.41 Å². The fraction of sp³-hybridized carbons (Fsp3) is 0.619. The minimum absolute atomic E-state index is 0.00534. The van der Waals surface area contributed by atoms with Crippen LogP contribution in [0.15, 0.2) is 24.3 Å². The molecule has 0 unspecified atom stereocenters. The summed E-state index contributed by atoms with van der Waals surface area (Å²) in [4.78, 5) is 16.9. The molecular weight excluding hydrogens is 470 g/mol. The molecule has 1 rings (SSSR count). The first-order chi connectivity index (χ1) is 14.9. The summed E-state index contributed by atoms with van der Waals surface area (Å²) in [6, 6.07) is 3.42. The van der Waals surface area contributed by atoms with E-state index in [1.807, 2.05) is 13.8 Å². The molecular formula is C21H35N3O7S2. The summed E-state index contributed by atoms with van der Waals surface area (Å²) in [5.41, 5.74) is 0.833. The first-order valence-electron chi connectivity index (χ1n) is 10.6. The van der Waals surface area contributed by atoms with Crippen molar-refractivity contribution in [2.75, 3.05) is 24.6 Å². The van der Waals surface area contributed by atoms with Crippen molar-refractivity contribution in [1.29, 1.82) is 0 Å². The van der Waals surface area contributed by atoms with Gasteiger partial charge in [0, 0.05) is 25.0 Å². The molecule has 0 atom stereocenters. The quantitative estimate of drug-likeness (QED) is 0.178. The van der Waals surface area contributed by atoms with Crippen molar-refractivity contribution in [3.8, 4) is 0 Å². The maximum Gasteiger partial charge on any atom is 0.269 e. The summed E-state index contributed by atoms with van der Waals surface area (Å²) in [5.74, 6) is -1.69. The Morgan fingerprint density at radius 2 is 1.58 bits per heavy atom. The molecule has 188 valence electrons. The van der Waals surface area contributed by atoms with Gasteiger partial charge < -0.3 is 10.6 Å². The summed E-state index contributed by atoms with van der Waals surface area (Å²) in [7, 11) is -8.32. The summed E-state index contributed by atoms with van der Waals surface area (Å²) >= 11 is 0. The molecule has 33 heavy (non-hydrogen) atoms. The first kappa shape index (κ1) is 29.2. The lowest BCUT2D eigenvalue weighted by molar-refractivity contribution is 0.0950. The molecule has 1 amide bonds. The highest BCUT2D eigenvalue weighted by Crippen LogP contribution is 2.30. The lowest BCUT2D eigenvalue weighted by Gasteiger charge is -2.25. The topological polar surface area (TPSA) is 163 Å². The van der Waals surface area contributed by atoms with Gasteiger partial charge in [-0.2, -0.15) is 16.8 Å². The van der Waals surface area contributed by atoms with Gasteiger partial charge in [0.15, 0.2) is 0 Å². The Morgan fingerprint density at radius 1 is 1.00 bits per heavy atom. The molecule has 0 bridgehead atoms. The highest BCUT2D eigenvalue weighted by Gasteiger charge is 2.23. The van der Waals surface area contributed by atoms with Gasteiger partial charge in [0.2, 0.25) is 0 Å². The Morgan fingerprint density at radius 3 is 2.12 bits per heavy atom. The van der Waals surface area contributed by atoms with E-state index in [1.54, 1.807) is 12.1 Å². The molecule has 0 aliphatic carbocycles. The predicted octanol–water partition coefficient (Wildman–Crippen LogP) is 1.95. The highest BCUT2D eigenvalue weighted by molar-refractivity contribution is 7.86. The minimum atomic E-state index is -4.22. The maximum atomic E-state index is 12.6. The van der Waals surface area contributed by atoms with Gasteiger partial charge in [0.05, 0.1) is 17.2 Å². The number of rotatable bonds is 13. The van der Waals surface area contributed by atoms with Crippen molar-refractivity contribution in [3.05, 3.63) is 41.2 Å². The molecule has 0 saturated heterocycles. The third kappa shape index (κ3) is 11.7. The fourth-order valence-electron chi connectivity index (χ4n) is 2.62. The molecule has 1 heterocycles. The van der Waals surface area contributed by atoms with E-state index in [-0.39, 0.29) is 30.7 Å². The number of nitrogens with zero attached hydrogens (tertiary/aromatic N) is 1. The molecule has 1 aromatic heterocycles. The Bertz CT molecular complexity index is 1060. The Balaban J connectivity index is 3.20. The second-order valence-electron chi connectivity index (χ2n) is 9.13. The van der Waals surface area contributed by atoms with Crippen LogP contribution >= 0.6 is 0 Å². The number of allylic oxidation sites excluding steroid dienone is 2. The molecule has 0 aromatic carbocycles. The van der Waals surface area contributed by atoms with E-state index in [4.69, 9.17) is 9.11 Å². The van der Waals surface area contributed by atoms with Gasteiger partial charge in [-0.25, -0.2) is 4.98 Å². The smallest absolute Gasteiger partial charge is 0.269 e. The van der Waals surface area contributed by atoms with Crippen LogP contribution in [-0.4, -0.2) is 61.4 Å². The van der Waals surface area contributed by atoms with Crippen LogP contribution in [0.5, 0.6) is 0 Å². The van der Waals surface area contributed by atoms with E-state index in [2.05, 4.69) is 48.5 Å². The summed E-state index contributed by atoms with van der Waals surface area (Å²) in [6.07, 6.45) is 5.12. The standard InChI is InChI=1S/C21H35N3O7S2/c1-6-20(2,3)7-8-21(4,5)16-13-17(15-22-9-11-32(26,27)28)24-18(14-16)19(25)23-10-12-33(29,30)31/h7-8,13-14,22H,6,9-12,15H2,1-5H3,(H,23,25)(H,26,27,28)(H,29,30,31)/b8-7+. The van der Waals surface area contributed by atoms with Crippen molar-refractivity contribution in [2.45, 2.75) is 53.0 Å². The minimum Gasteiger partial charge on any atom is -0.350 e. The molecule has 4 N–H and O–H groups in total. The van der Waals surface area contributed by atoms with Crippen molar-refractivity contribution in [1.82, 2.24) is 15.6 Å². The third-order valence-electron chi connectivity index (χ3n) is 5.21. The second kappa shape index (κ2) is 11.5. The van der Waals surface area contributed by atoms with Gasteiger partial charge in [-0.1, -0.05) is 46.8 Å². The van der Waals surface area contributed by atoms with Crippen LogP contribution in [0.1, 0.15) is 62.8 Å². The van der Waals surface area contributed by atoms with Gasteiger partial charge >= 0.3 is 0 Å². The first-order valence-corrected chi connectivity index (χ1v) is 13.8. The van der Waals surface area contributed by atoms with Gasteiger partial charge in [-0.3, -0.25) is 13.9 Å². The van der Waals surface area contributed by atoms with Gasteiger partial charge in [-0.15, -0.1) is 0 Å². The largest absolute Gasteiger partial charge is 0.350 e. The Labute approximate surface area is 196 Å². The van der Waals surface area contributed by atoms with Crippen LogP contribution in [0.2, 0.25) is 0 Å². The molecule has 1 aromatic rings. The van der Waals surface area contributed by atoms with E-state index in [1.165, 1.54) is 0 Å². The van der Waals surface area contributed by atoms with Gasteiger partial charge in [0.1, 0.15) is 5.69 Å². The molecule has 0 saturated carbocycles. The van der Waals surface area contributed by atoms with Gasteiger partial charge in [0.25, 0.3) is 26.1 Å². The van der Waals surface area contributed by atoms with Crippen molar-refractivity contribution in [2.24, 2.45) is 5.41 Å². The summed E-state index contributed by atoms with van der Waals surface area (Å²) in [5, 5.41) is 5.29. The average Bonchev–Trinajstić information content (AvgIpc) is 2.68. The van der Waals surface area contributed by atoms with Crippen LogP contribution in [0.25, 0.3) is 0 Å². The van der Waals surface area contributed by atoms with E-state index in [0.29, 0.717) is 5.69 Å². The van der Waals surface area contributed by atoms with Crippen LogP contribution in [0.4, 0.5) is 0 Å². The molecule has 0 fully saturated rings. The number of carbonyl (C=O) groups is 1. The van der Waals surface area contributed by atoms with Crippen LogP contribution < -0.4 is 10.6 Å². The number of hydrogen-bond donors (Lipinski definition) is 4. The van der Waals surface area contributed by atoms with Crippen molar-refractivity contribution in [3.63, 3.8) is 0 Å². The van der Waals surface area contributed by atoms with E-state index < -0.39 is 43.1 Å². The van der Waals surface area contributed by atoms with Crippen LogP contribution in [0.3, 0.4) is 0 Å². The van der Waals surface area contributed by atoms with Crippen molar-refractivity contribution >= 4 is 26.1 Å². The predicted molar refractivity (Wildman–Crippen MR) is 127 cm³/mol. The van der Waals surface area contributed by atoms with Crippen LogP contribution in [-0.2, 0) is 32.2 Å². The maximum absolute atomic E-state index is 12.6. The number of nitrogens with one attached hydrogen (secondary N) is 2. The lowest BCUT2D eigenvalue weighted by atomic mass is 9.80. The number of aromatic nitrogens is 1. The highest BCUT2D eigenvalue weighted by atomic mass is 32.2. The van der Waals surface area contributed by atoms with E-state index >= 15 is 0 Å². The van der Waals surface area contributed by atoms with E-state index in [9.17, 15) is 21.6 Å². The molecule has 0 aliphatic rings. The zero-order chi connectivity index (χ0) is 25.5. The SMILES string of the molecule is CCC(C)(C)/C=C/C(C)(C)c1cc(CNCCS(=O)(=O)O)nc(C(=O)NCCS(=O)(=O)O)c1. The Kier molecular flexibility index (Phi) is 10.2. The zero-order valence-electron chi connectivity index (χ0n) is 19.8. The van der Waals surface area contributed by atoms with Gasteiger partial charge in [-0.05, 0) is 29.5 Å². The summed E-state index contributed by atoms with van der Waals surface area (Å²) in [6.45, 7) is 10.2. The molecule has 0 spiro atoms. The molecule has 10 nitrogen and oxygen atoms in total. The molecule has 0 aliphatic heterocycles. The monoisotopic (exact) mass is 505 g/mol. The average molecular weight is 506 g/mol.